The number of carbonyl (C=O) groups excluding carboxylic acids is 1. The van der Waals surface area contributed by atoms with Gasteiger partial charge in [0, 0.05) is 23.9 Å². The number of carbonyl (C=O) groups is 1. The number of Topliss-reactive ketones (excluding diaryl/α,β-unsaturated/α-hetero) is 1. The Bertz CT molecular complexity index is 505. The molecule has 0 bridgehead atoms. The quantitative estimate of drug-likeness (QED) is 0.774. The SMILES string of the molecule is CC1(C)CC(=O)c2ccn(CC(F)(F)C(F)F)c2C1. The van der Waals surface area contributed by atoms with Crippen LogP contribution in [0.4, 0.5) is 17.6 Å². The Morgan fingerprint density at radius 1 is 1.37 bits per heavy atom. The predicted molar refractivity (Wildman–Crippen MR) is 61.8 cm³/mol. The molecule has 1 aliphatic rings. The maximum Gasteiger partial charge on any atom is 0.324 e. The van der Waals surface area contributed by atoms with E-state index in [4.69, 9.17) is 0 Å². The van der Waals surface area contributed by atoms with E-state index in [1.165, 1.54) is 12.3 Å². The van der Waals surface area contributed by atoms with Crippen molar-refractivity contribution in [2.75, 3.05) is 0 Å². The van der Waals surface area contributed by atoms with Crippen LogP contribution < -0.4 is 0 Å². The molecule has 0 spiro atoms. The number of alkyl halides is 4. The third kappa shape index (κ3) is 2.67. The van der Waals surface area contributed by atoms with Crippen molar-refractivity contribution in [2.24, 2.45) is 5.41 Å². The van der Waals surface area contributed by atoms with Gasteiger partial charge in [-0.15, -0.1) is 0 Å². The van der Waals surface area contributed by atoms with Gasteiger partial charge in [0.1, 0.15) is 0 Å². The molecule has 0 saturated carbocycles. The van der Waals surface area contributed by atoms with Crippen LogP contribution in [0.5, 0.6) is 0 Å². The summed E-state index contributed by atoms with van der Waals surface area (Å²) >= 11 is 0. The van der Waals surface area contributed by atoms with Crippen LogP contribution in [-0.4, -0.2) is 22.7 Å². The van der Waals surface area contributed by atoms with E-state index in [1.807, 2.05) is 13.8 Å². The molecule has 1 heterocycles. The summed E-state index contributed by atoms with van der Waals surface area (Å²) in [7, 11) is 0. The van der Waals surface area contributed by atoms with E-state index in [0.29, 0.717) is 24.1 Å². The molecule has 1 aromatic rings. The molecule has 0 fully saturated rings. The van der Waals surface area contributed by atoms with Crippen molar-refractivity contribution in [3.8, 4) is 0 Å². The van der Waals surface area contributed by atoms with Crippen molar-refractivity contribution in [3.63, 3.8) is 0 Å². The van der Waals surface area contributed by atoms with E-state index in [-0.39, 0.29) is 11.2 Å². The molecule has 19 heavy (non-hydrogen) atoms. The number of hydrogen-bond donors (Lipinski definition) is 0. The van der Waals surface area contributed by atoms with E-state index in [9.17, 15) is 22.4 Å². The Morgan fingerprint density at radius 2 is 2.00 bits per heavy atom. The Kier molecular flexibility index (Phi) is 3.23. The second kappa shape index (κ2) is 4.35. The molecule has 0 unspecified atom stereocenters. The van der Waals surface area contributed by atoms with Crippen molar-refractivity contribution < 1.29 is 22.4 Å². The molecular formula is C13H15F4NO. The topological polar surface area (TPSA) is 22.0 Å². The smallest absolute Gasteiger partial charge is 0.324 e. The molecule has 1 aliphatic carbocycles. The number of hydrogen-bond acceptors (Lipinski definition) is 1. The highest BCUT2D eigenvalue weighted by Gasteiger charge is 2.42. The van der Waals surface area contributed by atoms with Gasteiger partial charge in [-0.1, -0.05) is 13.8 Å². The zero-order chi connectivity index (χ0) is 14.4. The zero-order valence-corrected chi connectivity index (χ0v) is 10.7. The minimum absolute atomic E-state index is 0.120. The van der Waals surface area contributed by atoms with Gasteiger partial charge < -0.3 is 4.57 Å². The highest BCUT2D eigenvalue weighted by Crippen LogP contribution is 2.36. The fourth-order valence-electron chi connectivity index (χ4n) is 2.45. The monoisotopic (exact) mass is 277 g/mol. The van der Waals surface area contributed by atoms with Gasteiger partial charge in [0.25, 0.3) is 0 Å². The first-order valence-electron chi connectivity index (χ1n) is 6.00. The van der Waals surface area contributed by atoms with E-state index in [1.54, 1.807) is 0 Å². The fraction of sp³-hybridized carbons (Fsp3) is 0.615. The van der Waals surface area contributed by atoms with Crippen molar-refractivity contribution in [1.29, 1.82) is 0 Å². The Hall–Kier alpha value is -1.33. The summed E-state index contributed by atoms with van der Waals surface area (Å²) < 4.78 is 51.8. The molecule has 0 saturated heterocycles. The number of halogens is 4. The largest absolute Gasteiger partial charge is 0.344 e. The highest BCUT2D eigenvalue weighted by molar-refractivity contribution is 5.98. The second-order valence-electron chi connectivity index (χ2n) is 5.81. The Morgan fingerprint density at radius 3 is 2.58 bits per heavy atom. The average Bonchev–Trinajstić information content (AvgIpc) is 2.59. The minimum Gasteiger partial charge on any atom is -0.344 e. The highest BCUT2D eigenvalue weighted by atomic mass is 19.3. The summed E-state index contributed by atoms with van der Waals surface area (Å²) in [4.78, 5) is 11.9. The molecule has 0 aromatic carbocycles. The predicted octanol–water partition coefficient (Wildman–Crippen LogP) is 3.54. The lowest BCUT2D eigenvalue weighted by Gasteiger charge is -2.30. The molecular weight excluding hydrogens is 262 g/mol. The van der Waals surface area contributed by atoms with Gasteiger partial charge in [-0.25, -0.2) is 8.78 Å². The molecule has 106 valence electrons. The molecule has 2 nitrogen and oxygen atoms in total. The van der Waals surface area contributed by atoms with Gasteiger partial charge in [0.05, 0.1) is 6.54 Å². The van der Waals surface area contributed by atoms with Gasteiger partial charge in [0.15, 0.2) is 5.78 Å². The molecule has 0 N–H and O–H groups in total. The number of aromatic nitrogens is 1. The van der Waals surface area contributed by atoms with Crippen LogP contribution in [0.2, 0.25) is 0 Å². The third-order valence-corrected chi connectivity index (χ3v) is 3.36. The Balaban J connectivity index is 2.34. The number of nitrogens with zero attached hydrogens (tertiary/aromatic N) is 1. The van der Waals surface area contributed by atoms with Crippen molar-refractivity contribution in [2.45, 2.75) is 45.6 Å². The number of rotatable bonds is 3. The molecule has 0 atom stereocenters. The second-order valence-corrected chi connectivity index (χ2v) is 5.81. The van der Waals surface area contributed by atoms with Crippen LogP contribution in [0, 0.1) is 5.41 Å². The van der Waals surface area contributed by atoms with Gasteiger partial charge in [0.2, 0.25) is 0 Å². The molecule has 1 aromatic heterocycles. The first-order valence-corrected chi connectivity index (χ1v) is 6.00. The summed E-state index contributed by atoms with van der Waals surface area (Å²) in [6, 6.07) is 1.44. The van der Waals surface area contributed by atoms with Gasteiger partial charge in [-0.05, 0) is 17.9 Å². The molecule has 0 aliphatic heterocycles. The van der Waals surface area contributed by atoms with Crippen LogP contribution in [0.1, 0.15) is 36.3 Å². The lowest BCUT2D eigenvalue weighted by molar-refractivity contribution is -0.138. The van der Waals surface area contributed by atoms with Gasteiger partial charge in [-0.2, -0.15) is 8.78 Å². The van der Waals surface area contributed by atoms with Crippen molar-refractivity contribution in [3.05, 3.63) is 23.5 Å². The third-order valence-electron chi connectivity index (χ3n) is 3.36. The van der Waals surface area contributed by atoms with Crippen LogP contribution >= 0.6 is 0 Å². The first kappa shape index (κ1) is 14.1. The van der Waals surface area contributed by atoms with E-state index >= 15 is 0 Å². The van der Waals surface area contributed by atoms with Crippen LogP contribution in [0.3, 0.4) is 0 Å². The minimum atomic E-state index is -4.09. The van der Waals surface area contributed by atoms with Gasteiger partial charge >= 0.3 is 12.3 Å². The van der Waals surface area contributed by atoms with E-state index in [0.717, 1.165) is 4.57 Å². The van der Waals surface area contributed by atoms with Crippen LogP contribution in [0.25, 0.3) is 0 Å². The average molecular weight is 277 g/mol. The van der Waals surface area contributed by atoms with E-state index in [2.05, 4.69) is 0 Å². The maximum atomic E-state index is 13.1. The van der Waals surface area contributed by atoms with E-state index < -0.39 is 18.9 Å². The normalized spacial score (nSPS) is 18.8. The zero-order valence-electron chi connectivity index (χ0n) is 10.7. The Labute approximate surface area is 108 Å². The van der Waals surface area contributed by atoms with Crippen LogP contribution in [-0.2, 0) is 13.0 Å². The van der Waals surface area contributed by atoms with Gasteiger partial charge in [-0.3, -0.25) is 4.79 Å². The fourth-order valence-corrected chi connectivity index (χ4v) is 2.45. The maximum absolute atomic E-state index is 13.1. The van der Waals surface area contributed by atoms with Crippen molar-refractivity contribution >= 4 is 5.78 Å². The van der Waals surface area contributed by atoms with Crippen molar-refractivity contribution in [1.82, 2.24) is 4.57 Å². The molecule has 0 radical (unpaired) electrons. The summed E-state index contributed by atoms with van der Waals surface area (Å²) in [5.41, 5.74) is 0.478. The summed E-state index contributed by atoms with van der Waals surface area (Å²) in [5.74, 6) is -4.21. The standard InChI is InChI=1S/C13H15F4NO/c1-12(2)5-9-8(10(19)6-12)3-4-18(9)7-13(16,17)11(14)15/h3-4,11H,5-7H2,1-2H3. The first-order chi connectivity index (χ1) is 8.62. The summed E-state index contributed by atoms with van der Waals surface area (Å²) in [5, 5.41) is 0. The molecule has 6 heteroatoms. The molecule has 2 rings (SSSR count). The summed E-state index contributed by atoms with van der Waals surface area (Å²) in [6.07, 6.45) is -1.64. The lowest BCUT2D eigenvalue weighted by Crippen LogP contribution is -2.34. The van der Waals surface area contributed by atoms with Crippen LogP contribution in [0.15, 0.2) is 12.3 Å². The summed E-state index contributed by atoms with van der Waals surface area (Å²) in [6.45, 7) is 2.62. The number of ketones is 1. The number of fused-ring (bicyclic) bond motifs is 1. The lowest BCUT2D eigenvalue weighted by atomic mass is 9.76. The molecule has 0 amide bonds.